The topological polar surface area (TPSA) is 60.5 Å². The van der Waals surface area contributed by atoms with Gasteiger partial charge in [0.1, 0.15) is 6.61 Å². The lowest BCUT2D eigenvalue weighted by Crippen LogP contribution is -2.42. The summed E-state index contributed by atoms with van der Waals surface area (Å²) in [6, 6.07) is 2.78. The first-order chi connectivity index (χ1) is 10.2. The third-order valence-electron chi connectivity index (χ3n) is 3.54. The Hall–Kier alpha value is -1.69. The molecule has 2 heterocycles. The van der Waals surface area contributed by atoms with Crippen molar-refractivity contribution in [3.05, 3.63) is 24.1 Å². The minimum absolute atomic E-state index is 0.00657. The molecule has 1 aromatic rings. The van der Waals surface area contributed by atoms with Gasteiger partial charge in [0, 0.05) is 12.8 Å². The molecule has 0 aliphatic carbocycles. The number of nitrogens with one attached hydrogen (secondary N) is 1. The van der Waals surface area contributed by atoms with E-state index in [0.717, 1.165) is 25.9 Å². The first-order valence-corrected chi connectivity index (χ1v) is 7.35. The van der Waals surface area contributed by atoms with Crippen LogP contribution in [0.1, 0.15) is 26.2 Å². The van der Waals surface area contributed by atoms with Gasteiger partial charge in [-0.3, -0.25) is 4.79 Å². The zero-order chi connectivity index (χ0) is 15.1. The van der Waals surface area contributed by atoms with E-state index in [4.69, 9.17) is 9.47 Å². The van der Waals surface area contributed by atoms with Crippen LogP contribution < -0.4 is 10.1 Å². The number of carbonyl (C=O) groups excluding carboxylic acids is 1. The van der Waals surface area contributed by atoms with Gasteiger partial charge in [-0.05, 0) is 31.4 Å². The summed E-state index contributed by atoms with van der Waals surface area (Å²) in [6.45, 7) is 3.25. The van der Waals surface area contributed by atoms with E-state index in [9.17, 15) is 9.18 Å². The van der Waals surface area contributed by atoms with Crippen molar-refractivity contribution in [1.29, 1.82) is 0 Å². The molecule has 1 fully saturated rings. The van der Waals surface area contributed by atoms with E-state index in [0.29, 0.717) is 6.54 Å². The van der Waals surface area contributed by atoms with Gasteiger partial charge in [0.25, 0.3) is 0 Å². The first-order valence-electron chi connectivity index (χ1n) is 7.35. The Labute approximate surface area is 123 Å². The molecule has 2 atom stereocenters. The van der Waals surface area contributed by atoms with Gasteiger partial charge in [0.2, 0.25) is 11.8 Å². The largest absolute Gasteiger partial charge is 0.474 e. The predicted molar refractivity (Wildman–Crippen MR) is 75.5 cm³/mol. The van der Waals surface area contributed by atoms with Crippen LogP contribution in [-0.4, -0.2) is 36.8 Å². The molecular formula is C15H21FN2O3. The molecule has 0 bridgehead atoms. The van der Waals surface area contributed by atoms with Crippen molar-refractivity contribution in [1.82, 2.24) is 10.3 Å². The molecule has 1 N–H and O–H groups in total. The van der Waals surface area contributed by atoms with Crippen molar-refractivity contribution >= 4 is 5.91 Å². The SMILES string of the molecule is CCC1OCCCC1C(=O)NCCOc1ncccc1F. The van der Waals surface area contributed by atoms with Gasteiger partial charge >= 0.3 is 0 Å². The van der Waals surface area contributed by atoms with Gasteiger partial charge in [-0.15, -0.1) is 0 Å². The molecule has 1 aliphatic heterocycles. The van der Waals surface area contributed by atoms with Gasteiger partial charge < -0.3 is 14.8 Å². The van der Waals surface area contributed by atoms with Gasteiger partial charge in [-0.2, -0.15) is 0 Å². The highest BCUT2D eigenvalue weighted by molar-refractivity contribution is 5.79. The van der Waals surface area contributed by atoms with E-state index in [-0.39, 0.29) is 30.4 Å². The number of hydrogen-bond acceptors (Lipinski definition) is 4. The molecule has 5 nitrogen and oxygen atoms in total. The smallest absolute Gasteiger partial charge is 0.250 e. The van der Waals surface area contributed by atoms with Crippen LogP contribution in [0.3, 0.4) is 0 Å². The Morgan fingerprint density at radius 3 is 3.24 bits per heavy atom. The summed E-state index contributed by atoms with van der Waals surface area (Å²) in [5.74, 6) is -0.670. The normalized spacial score (nSPS) is 21.8. The molecule has 1 saturated heterocycles. The minimum Gasteiger partial charge on any atom is -0.474 e. The number of amides is 1. The Morgan fingerprint density at radius 2 is 2.48 bits per heavy atom. The van der Waals surface area contributed by atoms with Crippen molar-refractivity contribution < 1.29 is 18.7 Å². The Bertz CT molecular complexity index is 470. The molecule has 2 unspecified atom stereocenters. The van der Waals surface area contributed by atoms with E-state index >= 15 is 0 Å². The van der Waals surface area contributed by atoms with Crippen LogP contribution in [0.2, 0.25) is 0 Å². The van der Waals surface area contributed by atoms with Crippen LogP contribution in [0.5, 0.6) is 5.88 Å². The highest BCUT2D eigenvalue weighted by atomic mass is 19.1. The van der Waals surface area contributed by atoms with Crippen LogP contribution in [0.25, 0.3) is 0 Å². The van der Waals surface area contributed by atoms with Crippen LogP contribution in [0.4, 0.5) is 4.39 Å². The number of rotatable bonds is 6. The fourth-order valence-corrected chi connectivity index (χ4v) is 2.47. The Balaban J connectivity index is 1.73. The molecule has 6 heteroatoms. The lowest BCUT2D eigenvalue weighted by atomic mass is 9.92. The molecule has 21 heavy (non-hydrogen) atoms. The summed E-state index contributed by atoms with van der Waals surface area (Å²) in [4.78, 5) is 15.9. The summed E-state index contributed by atoms with van der Waals surface area (Å²) in [5.41, 5.74) is 0. The van der Waals surface area contributed by atoms with Crippen LogP contribution in [0.15, 0.2) is 18.3 Å². The average molecular weight is 296 g/mol. The Kier molecular flexibility index (Phi) is 5.92. The van der Waals surface area contributed by atoms with E-state index in [1.165, 1.54) is 18.3 Å². The molecule has 1 aromatic heterocycles. The second-order valence-corrected chi connectivity index (χ2v) is 5.00. The molecule has 0 saturated carbocycles. The van der Waals surface area contributed by atoms with Crippen molar-refractivity contribution in [3.63, 3.8) is 0 Å². The molecule has 1 amide bonds. The zero-order valence-corrected chi connectivity index (χ0v) is 12.2. The number of hydrogen-bond donors (Lipinski definition) is 1. The lowest BCUT2D eigenvalue weighted by Gasteiger charge is -2.30. The van der Waals surface area contributed by atoms with Gasteiger partial charge in [-0.1, -0.05) is 6.92 Å². The van der Waals surface area contributed by atoms with E-state index in [1.54, 1.807) is 0 Å². The summed E-state index contributed by atoms with van der Waals surface area (Å²) in [6.07, 6.45) is 4.04. The van der Waals surface area contributed by atoms with Gasteiger partial charge in [0.15, 0.2) is 5.82 Å². The second-order valence-electron chi connectivity index (χ2n) is 5.00. The summed E-state index contributed by atoms with van der Waals surface area (Å²) >= 11 is 0. The van der Waals surface area contributed by atoms with Crippen LogP contribution >= 0.6 is 0 Å². The fraction of sp³-hybridized carbons (Fsp3) is 0.600. The summed E-state index contributed by atoms with van der Waals surface area (Å²) in [5, 5.41) is 2.81. The Morgan fingerprint density at radius 1 is 1.62 bits per heavy atom. The molecule has 1 aliphatic rings. The van der Waals surface area contributed by atoms with Gasteiger partial charge in [0.05, 0.1) is 18.6 Å². The van der Waals surface area contributed by atoms with E-state index in [1.807, 2.05) is 6.92 Å². The summed E-state index contributed by atoms with van der Waals surface area (Å²) in [7, 11) is 0. The molecule has 2 rings (SSSR count). The zero-order valence-electron chi connectivity index (χ0n) is 12.2. The first kappa shape index (κ1) is 15.7. The average Bonchev–Trinajstić information content (AvgIpc) is 2.52. The standard InChI is InChI=1S/C15H21FN2O3/c1-2-13-11(5-4-9-20-13)14(19)17-8-10-21-15-12(16)6-3-7-18-15/h3,6-7,11,13H,2,4-5,8-10H2,1H3,(H,17,19). The third kappa shape index (κ3) is 4.39. The highest BCUT2D eigenvalue weighted by Crippen LogP contribution is 2.23. The lowest BCUT2D eigenvalue weighted by molar-refractivity contribution is -0.134. The predicted octanol–water partition coefficient (Wildman–Crippen LogP) is 1.92. The second kappa shape index (κ2) is 7.93. The van der Waals surface area contributed by atoms with Gasteiger partial charge in [-0.25, -0.2) is 9.37 Å². The molecule has 0 radical (unpaired) electrons. The van der Waals surface area contributed by atoms with Crippen molar-refractivity contribution in [2.75, 3.05) is 19.8 Å². The van der Waals surface area contributed by atoms with Crippen molar-refractivity contribution in [3.8, 4) is 5.88 Å². The molecule has 116 valence electrons. The quantitative estimate of drug-likeness (QED) is 0.815. The highest BCUT2D eigenvalue weighted by Gasteiger charge is 2.30. The maximum Gasteiger partial charge on any atom is 0.250 e. The maximum absolute atomic E-state index is 13.3. The number of nitrogens with zero attached hydrogens (tertiary/aromatic N) is 1. The van der Waals surface area contributed by atoms with E-state index < -0.39 is 5.82 Å². The number of ether oxygens (including phenoxy) is 2. The third-order valence-corrected chi connectivity index (χ3v) is 3.54. The maximum atomic E-state index is 13.3. The number of halogens is 1. The van der Waals surface area contributed by atoms with Crippen LogP contribution in [-0.2, 0) is 9.53 Å². The molecule has 0 aromatic carbocycles. The van der Waals surface area contributed by atoms with E-state index in [2.05, 4.69) is 10.3 Å². The van der Waals surface area contributed by atoms with Crippen molar-refractivity contribution in [2.24, 2.45) is 5.92 Å². The number of aromatic nitrogens is 1. The number of pyridine rings is 1. The minimum atomic E-state index is -0.504. The molecule has 0 spiro atoms. The van der Waals surface area contributed by atoms with Crippen molar-refractivity contribution in [2.45, 2.75) is 32.3 Å². The summed E-state index contributed by atoms with van der Waals surface area (Å²) < 4.78 is 24.1. The number of carbonyl (C=O) groups is 1. The fourth-order valence-electron chi connectivity index (χ4n) is 2.47. The van der Waals surface area contributed by atoms with Crippen LogP contribution in [0, 0.1) is 11.7 Å². The molecular weight excluding hydrogens is 275 g/mol. The monoisotopic (exact) mass is 296 g/mol.